The number of benzene rings is 1. The number of ether oxygens (including phenoxy) is 3. The molecule has 1 aliphatic heterocycles. The van der Waals surface area contributed by atoms with E-state index in [1.54, 1.807) is 18.6 Å². The van der Waals surface area contributed by atoms with Crippen molar-refractivity contribution in [1.82, 2.24) is 4.57 Å². The Hall–Kier alpha value is -3.17. The molecule has 0 radical (unpaired) electrons. The SMILES string of the molecule is CCCCOc1ccc(/C=c2/sc3n(c2=O)[C@@H](c2cccs2)C(C(=O)OCC(C)C)=C(C)N=3)cc1OC. The van der Waals surface area contributed by atoms with Crippen molar-refractivity contribution in [2.24, 2.45) is 10.9 Å². The summed E-state index contributed by atoms with van der Waals surface area (Å²) in [4.78, 5) is 33.0. The predicted octanol–water partition coefficient (Wildman–Crippen LogP) is 4.68. The van der Waals surface area contributed by atoms with Gasteiger partial charge in [0.25, 0.3) is 5.56 Å². The molecule has 9 heteroatoms. The molecular weight excluding hydrogens is 508 g/mol. The summed E-state index contributed by atoms with van der Waals surface area (Å²) in [5, 5.41) is 1.94. The second-order valence-electron chi connectivity index (χ2n) is 9.20. The fourth-order valence-electron chi connectivity index (χ4n) is 3.99. The van der Waals surface area contributed by atoms with E-state index < -0.39 is 12.0 Å². The molecule has 0 N–H and O–H groups in total. The van der Waals surface area contributed by atoms with Crippen LogP contribution in [0.5, 0.6) is 11.5 Å². The molecule has 196 valence electrons. The molecule has 0 bridgehead atoms. The Labute approximate surface area is 224 Å². The van der Waals surface area contributed by atoms with Gasteiger partial charge in [0.2, 0.25) is 0 Å². The number of thiazole rings is 1. The molecule has 0 saturated heterocycles. The molecule has 0 aliphatic carbocycles. The second kappa shape index (κ2) is 11.9. The van der Waals surface area contributed by atoms with Gasteiger partial charge in [0.1, 0.15) is 6.04 Å². The Morgan fingerprint density at radius 3 is 2.73 bits per heavy atom. The van der Waals surface area contributed by atoms with Crippen molar-refractivity contribution in [2.75, 3.05) is 20.3 Å². The fraction of sp³-hybridized carbons (Fsp3) is 0.393. The van der Waals surface area contributed by atoms with Gasteiger partial charge in [0.05, 0.1) is 36.1 Å². The number of aromatic nitrogens is 1. The molecule has 1 aliphatic rings. The van der Waals surface area contributed by atoms with E-state index in [-0.39, 0.29) is 11.5 Å². The number of rotatable bonds is 10. The van der Waals surface area contributed by atoms with Crippen molar-refractivity contribution in [1.29, 1.82) is 0 Å². The Bertz CT molecular complexity index is 1460. The minimum absolute atomic E-state index is 0.201. The number of allylic oxidation sites excluding steroid dienone is 1. The van der Waals surface area contributed by atoms with E-state index in [1.807, 2.05) is 55.6 Å². The van der Waals surface area contributed by atoms with Crippen LogP contribution in [-0.2, 0) is 9.53 Å². The molecule has 0 unspecified atom stereocenters. The highest BCUT2D eigenvalue weighted by molar-refractivity contribution is 7.10. The molecule has 2 aromatic heterocycles. The van der Waals surface area contributed by atoms with Crippen molar-refractivity contribution in [3.63, 3.8) is 0 Å². The number of nitrogens with zero attached hydrogens (tertiary/aromatic N) is 2. The highest BCUT2D eigenvalue weighted by Crippen LogP contribution is 2.33. The van der Waals surface area contributed by atoms with Gasteiger partial charge < -0.3 is 14.2 Å². The molecule has 3 aromatic rings. The fourth-order valence-corrected chi connectivity index (χ4v) is 5.86. The molecule has 0 saturated carbocycles. The first-order valence-electron chi connectivity index (χ1n) is 12.4. The van der Waals surface area contributed by atoms with Crippen LogP contribution in [0, 0.1) is 5.92 Å². The summed E-state index contributed by atoms with van der Waals surface area (Å²) in [7, 11) is 1.60. The predicted molar refractivity (Wildman–Crippen MR) is 147 cm³/mol. The lowest BCUT2D eigenvalue weighted by molar-refractivity contribution is -0.140. The molecular formula is C28H32N2O5S2. The van der Waals surface area contributed by atoms with E-state index in [0.29, 0.717) is 45.3 Å². The standard InChI is InChI=1S/C28H32N2O5S2/c1-6-7-12-34-20-11-10-19(14-21(20)33-5)15-23-26(31)30-25(22-9-8-13-36-22)24(18(4)29-28(30)37-23)27(32)35-16-17(2)3/h8-11,13-15,17,25H,6-7,12,16H2,1-5H3/b23-15+/t25-/m0/s1. The number of esters is 1. The number of carbonyl (C=O) groups excluding carboxylic acids is 1. The average Bonchev–Trinajstić information content (AvgIpc) is 3.51. The van der Waals surface area contributed by atoms with Crippen LogP contribution in [0.3, 0.4) is 0 Å². The van der Waals surface area contributed by atoms with Crippen LogP contribution in [-0.4, -0.2) is 30.9 Å². The van der Waals surface area contributed by atoms with Crippen molar-refractivity contribution in [3.8, 4) is 11.5 Å². The number of methoxy groups -OCH3 is 1. The molecule has 3 heterocycles. The number of carbonyl (C=O) groups is 1. The Morgan fingerprint density at radius 2 is 2.05 bits per heavy atom. The van der Waals surface area contributed by atoms with Crippen molar-refractivity contribution < 1.29 is 19.0 Å². The molecule has 7 nitrogen and oxygen atoms in total. The first-order valence-corrected chi connectivity index (χ1v) is 14.1. The van der Waals surface area contributed by atoms with E-state index in [2.05, 4.69) is 11.9 Å². The monoisotopic (exact) mass is 540 g/mol. The molecule has 37 heavy (non-hydrogen) atoms. The summed E-state index contributed by atoms with van der Waals surface area (Å²) in [6.45, 7) is 8.80. The number of thiophene rings is 1. The van der Waals surface area contributed by atoms with Gasteiger partial charge >= 0.3 is 5.97 Å². The van der Waals surface area contributed by atoms with Crippen LogP contribution < -0.4 is 24.4 Å². The second-order valence-corrected chi connectivity index (χ2v) is 11.2. The van der Waals surface area contributed by atoms with E-state index in [4.69, 9.17) is 14.2 Å². The first-order chi connectivity index (χ1) is 17.8. The summed E-state index contributed by atoms with van der Waals surface area (Å²) in [6.07, 6.45) is 3.83. The summed E-state index contributed by atoms with van der Waals surface area (Å²) >= 11 is 2.80. The van der Waals surface area contributed by atoms with E-state index >= 15 is 0 Å². The van der Waals surface area contributed by atoms with Crippen LogP contribution in [0.4, 0.5) is 0 Å². The van der Waals surface area contributed by atoms with E-state index in [1.165, 1.54) is 22.7 Å². The van der Waals surface area contributed by atoms with E-state index in [0.717, 1.165) is 23.3 Å². The first kappa shape index (κ1) is 26.9. The van der Waals surface area contributed by atoms with Crippen molar-refractivity contribution >= 4 is 34.7 Å². The van der Waals surface area contributed by atoms with Crippen molar-refractivity contribution in [3.05, 3.63) is 77.1 Å². The van der Waals surface area contributed by atoms with Gasteiger partial charge in [-0.05, 0) is 54.5 Å². The van der Waals surface area contributed by atoms with E-state index in [9.17, 15) is 9.59 Å². The maximum Gasteiger partial charge on any atom is 0.338 e. The van der Waals surface area contributed by atoms with Crippen LogP contribution in [0.2, 0.25) is 0 Å². The Balaban J connectivity index is 1.77. The Kier molecular flexibility index (Phi) is 8.66. The lowest BCUT2D eigenvalue weighted by atomic mass is 10.0. The summed E-state index contributed by atoms with van der Waals surface area (Å²) in [5.74, 6) is 1.05. The molecule has 0 spiro atoms. The third-order valence-corrected chi connectivity index (χ3v) is 7.75. The average molecular weight is 541 g/mol. The topological polar surface area (TPSA) is 79.1 Å². The number of hydrogen-bond donors (Lipinski definition) is 0. The highest BCUT2D eigenvalue weighted by atomic mass is 32.1. The molecule has 4 rings (SSSR count). The van der Waals surface area contributed by atoms with Gasteiger partial charge in [0.15, 0.2) is 16.3 Å². The largest absolute Gasteiger partial charge is 0.493 e. The molecule has 1 atom stereocenters. The number of hydrogen-bond acceptors (Lipinski definition) is 8. The molecule has 1 aromatic carbocycles. The quantitative estimate of drug-likeness (QED) is 0.276. The minimum atomic E-state index is -0.582. The van der Waals surface area contributed by atoms with Gasteiger partial charge in [0, 0.05) is 4.88 Å². The molecule has 0 amide bonds. The zero-order valence-electron chi connectivity index (χ0n) is 21.8. The van der Waals surface area contributed by atoms with Crippen LogP contribution in [0.25, 0.3) is 6.08 Å². The third-order valence-electron chi connectivity index (χ3n) is 5.84. The van der Waals surface area contributed by atoms with Crippen LogP contribution in [0.1, 0.15) is 57.0 Å². The van der Waals surface area contributed by atoms with Crippen molar-refractivity contribution in [2.45, 2.75) is 46.6 Å². The summed E-state index contributed by atoms with van der Waals surface area (Å²) in [6, 6.07) is 8.89. The van der Waals surface area contributed by atoms with Gasteiger partial charge in [-0.2, -0.15) is 0 Å². The lowest BCUT2D eigenvalue weighted by Crippen LogP contribution is -2.39. The Morgan fingerprint density at radius 1 is 1.24 bits per heavy atom. The summed E-state index contributed by atoms with van der Waals surface area (Å²) in [5.41, 5.74) is 1.57. The smallest absolute Gasteiger partial charge is 0.338 e. The highest BCUT2D eigenvalue weighted by Gasteiger charge is 2.34. The summed E-state index contributed by atoms with van der Waals surface area (Å²) < 4.78 is 19.1. The number of unbranched alkanes of at least 4 members (excludes halogenated alkanes) is 1. The van der Waals surface area contributed by atoms with Gasteiger partial charge in [-0.3, -0.25) is 9.36 Å². The van der Waals surface area contributed by atoms with Gasteiger partial charge in [-0.1, -0.05) is 50.7 Å². The molecule has 0 fully saturated rings. The minimum Gasteiger partial charge on any atom is -0.493 e. The normalized spacial score (nSPS) is 15.5. The lowest BCUT2D eigenvalue weighted by Gasteiger charge is -2.23. The maximum atomic E-state index is 13.7. The van der Waals surface area contributed by atoms with Gasteiger partial charge in [-0.25, -0.2) is 9.79 Å². The maximum absolute atomic E-state index is 13.7. The number of fused-ring (bicyclic) bond motifs is 1. The third kappa shape index (κ3) is 5.88. The van der Waals surface area contributed by atoms with Crippen LogP contribution in [0.15, 0.2) is 56.8 Å². The van der Waals surface area contributed by atoms with Gasteiger partial charge in [-0.15, -0.1) is 11.3 Å². The zero-order chi connectivity index (χ0) is 26.5. The zero-order valence-corrected chi connectivity index (χ0v) is 23.4. The van der Waals surface area contributed by atoms with Crippen LogP contribution >= 0.6 is 22.7 Å².